The van der Waals surface area contributed by atoms with Crippen molar-refractivity contribution in [1.29, 1.82) is 0 Å². The summed E-state index contributed by atoms with van der Waals surface area (Å²) >= 11 is 0. The van der Waals surface area contributed by atoms with E-state index < -0.39 is 5.41 Å². The van der Waals surface area contributed by atoms with Crippen molar-refractivity contribution < 1.29 is 0 Å². The lowest BCUT2D eigenvalue weighted by atomic mass is 9.78. The highest BCUT2D eigenvalue weighted by molar-refractivity contribution is 5.57. The van der Waals surface area contributed by atoms with Gasteiger partial charge >= 0.3 is 5.69 Å². The second kappa shape index (κ2) is 9.72. The van der Waals surface area contributed by atoms with Crippen LogP contribution in [0, 0.1) is 0 Å². The van der Waals surface area contributed by atoms with E-state index in [9.17, 15) is 4.79 Å². The number of allylic oxidation sites excluding steroid dienone is 2. The Labute approximate surface area is 207 Å². The van der Waals surface area contributed by atoms with Crippen molar-refractivity contribution in [3.05, 3.63) is 76.8 Å². The van der Waals surface area contributed by atoms with E-state index in [1.807, 2.05) is 55.2 Å². The topological polar surface area (TPSA) is 137 Å². The molecule has 0 fully saturated rings. The molecule has 0 spiro atoms. The Balaban J connectivity index is 1.62. The van der Waals surface area contributed by atoms with Gasteiger partial charge < -0.3 is 5.32 Å². The maximum Gasteiger partial charge on any atom is 0.335 e. The maximum absolute atomic E-state index is 13.8. The van der Waals surface area contributed by atoms with E-state index in [2.05, 4.69) is 66.6 Å². The summed E-state index contributed by atoms with van der Waals surface area (Å²) in [5, 5.41) is 29.6. The molecule has 0 aliphatic carbocycles. The van der Waals surface area contributed by atoms with Crippen LogP contribution in [0.15, 0.2) is 59.8 Å². The van der Waals surface area contributed by atoms with Crippen LogP contribution in [-0.2, 0) is 18.4 Å². The van der Waals surface area contributed by atoms with Crippen molar-refractivity contribution in [3.63, 3.8) is 0 Å². The molecule has 1 aromatic carbocycles. The number of hydrogen-bond acceptors (Lipinski definition) is 8. The van der Waals surface area contributed by atoms with E-state index in [0.717, 1.165) is 36.1 Å². The first-order valence-corrected chi connectivity index (χ1v) is 12.1. The van der Waals surface area contributed by atoms with Crippen LogP contribution in [0.1, 0.15) is 50.9 Å². The highest BCUT2D eigenvalue weighted by Gasteiger charge is 2.32. The molecule has 0 saturated heterocycles. The fourth-order valence-electron chi connectivity index (χ4n) is 4.47. The number of hydrogen-bond donors (Lipinski definition) is 2. The first kappa shape index (κ1) is 23.4. The number of rotatable bonds is 9. The standard InChI is InChI=1S/C24H29N11O/c1-4-5-9-20-15-33(22-28-31-32-35(22)17(2)3)23(36)34(20)16-24(10-12-25-13-11-24)19-8-6-7-18(14-19)21-26-29-30-27-21/h6-8,10-15,17,25H,4-5,9,16H2,1-3H3,(H,26,27,29,30). The van der Waals surface area contributed by atoms with Crippen LogP contribution in [0.2, 0.25) is 0 Å². The first-order valence-electron chi connectivity index (χ1n) is 12.1. The number of aryl methyl sites for hydroxylation is 1. The average Bonchev–Trinajstić information content (AvgIpc) is 3.65. The zero-order valence-electron chi connectivity index (χ0n) is 20.5. The predicted molar refractivity (Wildman–Crippen MR) is 133 cm³/mol. The fourth-order valence-corrected chi connectivity index (χ4v) is 4.47. The lowest BCUT2D eigenvalue weighted by Gasteiger charge is -2.31. The second-order valence-corrected chi connectivity index (χ2v) is 9.17. The molecule has 12 nitrogen and oxygen atoms in total. The van der Waals surface area contributed by atoms with E-state index in [0.29, 0.717) is 18.3 Å². The Bertz CT molecular complexity index is 1430. The third-order valence-corrected chi connectivity index (χ3v) is 6.41. The van der Waals surface area contributed by atoms with Gasteiger partial charge in [0.05, 0.1) is 11.5 Å². The van der Waals surface area contributed by atoms with Gasteiger partial charge in [0, 0.05) is 24.0 Å². The van der Waals surface area contributed by atoms with Gasteiger partial charge in [0.1, 0.15) is 0 Å². The number of benzene rings is 1. The molecule has 2 N–H and O–H groups in total. The fraction of sp³-hybridized carbons (Fsp3) is 0.375. The summed E-state index contributed by atoms with van der Waals surface area (Å²) in [6, 6.07) is 8.01. The summed E-state index contributed by atoms with van der Waals surface area (Å²) in [5.74, 6) is 0.928. The van der Waals surface area contributed by atoms with Crippen LogP contribution >= 0.6 is 0 Å². The zero-order chi connectivity index (χ0) is 25.1. The molecule has 0 unspecified atom stereocenters. The highest BCUT2D eigenvalue weighted by Crippen LogP contribution is 2.33. The van der Waals surface area contributed by atoms with Crippen LogP contribution in [0.25, 0.3) is 17.3 Å². The Hall–Kier alpha value is -4.35. The zero-order valence-corrected chi connectivity index (χ0v) is 20.5. The smallest absolute Gasteiger partial charge is 0.335 e. The number of nitrogens with zero attached hydrogens (tertiary/aromatic N) is 9. The van der Waals surface area contributed by atoms with Gasteiger partial charge in [-0.3, -0.25) is 4.57 Å². The Morgan fingerprint density at radius 1 is 1.14 bits per heavy atom. The summed E-state index contributed by atoms with van der Waals surface area (Å²) in [7, 11) is 0. The van der Waals surface area contributed by atoms with E-state index in [-0.39, 0.29) is 11.7 Å². The highest BCUT2D eigenvalue weighted by atomic mass is 16.2. The van der Waals surface area contributed by atoms with E-state index in [4.69, 9.17) is 0 Å². The Morgan fingerprint density at radius 2 is 1.97 bits per heavy atom. The number of unbranched alkanes of at least 4 members (excludes halogenated alkanes) is 1. The molecule has 4 heterocycles. The number of H-pyrrole nitrogens is 1. The Morgan fingerprint density at radius 3 is 2.69 bits per heavy atom. The van der Waals surface area contributed by atoms with Gasteiger partial charge in [-0.05, 0) is 66.4 Å². The molecular weight excluding hydrogens is 458 g/mol. The van der Waals surface area contributed by atoms with Gasteiger partial charge in [-0.2, -0.15) is 5.21 Å². The van der Waals surface area contributed by atoms with Gasteiger partial charge in [0.15, 0.2) is 0 Å². The molecule has 0 saturated carbocycles. The monoisotopic (exact) mass is 487 g/mol. The van der Waals surface area contributed by atoms with Crippen molar-refractivity contribution in [2.45, 2.75) is 58.0 Å². The number of tetrazole rings is 2. The van der Waals surface area contributed by atoms with Crippen molar-refractivity contribution >= 4 is 0 Å². The Kier molecular flexibility index (Phi) is 6.32. The van der Waals surface area contributed by atoms with Crippen LogP contribution in [0.3, 0.4) is 0 Å². The quantitative estimate of drug-likeness (QED) is 0.367. The van der Waals surface area contributed by atoms with Gasteiger partial charge in [-0.15, -0.1) is 10.2 Å². The van der Waals surface area contributed by atoms with Crippen LogP contribution in [0.4, 0.5) is 0 Å². The molecule has 3 aromatic heterocycles. The molecule has 0 atom stereocenters. The van der Waals surface area contributed by atoms with Gasteiger partial charge in [-0.1, -0.05) is 48.8 Å². The normalized spacial score (nSPS) is 14.4. The third-order valence-electron chi connectivity index (χ3n) is 6.41. The van der Waals surface area contributed by atoms with Gasteiger partial charge in [0.25, 0.3) is 5.95 Å². The van der Waals surface area contributed by atoms with Crippen LogP contribution in [0.5, 0.6) is 0 Å². The minimum Gasteiger partial charge on any atom is -0.368 e. The number of aromatic nitrogens is 10. The molecule has 12 heteroatoms. The van der Waals surface area contributed by atoms with E-state index in [1.54, 1.807) is 9.25 Å². The summed E-state index contributed by atoms with van der Waals surface area (Å²) in [5.41, 5.74) is 2.03. The average molecular weight is 488 g/mol. The molecule has 4 aromatic rings. The summed E-state index contributed by atoms with van der Waals surface area (Å²) in [6.07, 6.45) is 12.6. The maximum atomic E-state index is 13.8. The molecular formula is C24H29N11O. The van der Waals surface area contributed by atoms with Crippen molar-refractivity contribution in [2.24, 2.45) is 0 Å². The lowest BCUT2D eigenvalue weighted by molar-refractivity contribution is 0.486. The summed E-state index contributed by atoms with van der Waals surface area (Å²) in [6.45, 7) is 6.51. The summed E-state index contributed by atoms with van der Waals surface area (Å²) in [4.78, 5) is 13.8. The van der Waals surface area contributed by atoms with E-state index >= 15 is 0 Å². The molecule has 186 valence electrons. The predicted octanol–water partition coefficient (Wildman–Crippen LogP) is 2.30. The van der Waals surface area contributed by atoms with Crippen LogP contribution in [-0.4, -0.2) is 50.0 Å². The number of aromatic amines is 1. The van der Waals surface area contributed by atoms with Gasteiger partial charge in [0.2, 0.25) is 5.82 Å². The molecule has 0 radical (unpaired) electrons. The lowest BCUT2D eigenvalue weighted by Crippen LogP contribution is -2.36. The summed E-state index contributed by atoms with van der Waals surface area (Å²) < 4.78 is 5.06. The van der Waals surface area contributed by atoms with Crippen molar-refractivity contribution in [1.82, 2.24) is 55.3 Å². The third kappa shape index (κ3) is 4.25. The number of imidazole rings is 1. The molecule has 36 heavy (non-hydrogen) atoms. The number of nitrogens with one attached hydrogen (secondary N) is 2. The molecule has 0 amide bonds. The van der Waals surface area contributed by atoms with E-state index in [1.165, 1.54) is 0 Å². The van der Waals surface area contributed by atoms with Gasteiger partial charge in [-0.25, -0.2) is 14.0 Å². The van der Waals surface area contributed by atoms with Crippen molar-refractivity contribution in [2.75, 3.05) is 0 Å². The second-order valence-electron chi connectivity index (χ2n) is 9.17. The largest absolute Gasteiger partial charge is 0.368 e. The van der Waals surface area contributed by atoms with Crippen molar-refractivity contribution in [3.8, 4) is 17.3 Å². The molecule has 0 bridgehead atoms. The van der Waals surface area contributed by atoms with Crippen LogP contribution < -0.4 is 11.0 Å². The number of dihydropyridines is 1. The minimum absolute atomic E-state index is 0.0128. The SMILES string of the molecule is CCCCc1cn(-c2nnnn2C(C)C)c(=O)n1CC1(c2cccc(-c3nn[nH]n3)c2)C=CNC=C1. The first-order chi connectivity index (χ1) is 17.5. The minimum atomic E-state index is -0.577. The molecule has 1 aliphatic heterocycles. The molecule has 1 aliphatic rings. The molecule has 5 rings (SSSR count).